The molecule has 1 aromatic carbocycles. The first kappa shape index (κ1) is 13.7. The zero-order valence-electron chi connectivity index (χ0n) is 12.7. The molecule has 1 aromatic rings. The van der Waals surface area contributed by atoms with Gasteiger partial charge in [-0.3, -0.25) is 0 Å². The third-order valence-electron chi connectivity index (χ3n) is 4.46. The molecule has 20 heavy (non-hydrogen) atoms. The molecule has 3 rings (SSSR count). The van der Waals surface area contributed by atoms with Crippen LogP contribution in [0, 0.1) is 0 Å². The largest absolute Gasteiger partial charge is 0.454 e. The summed E-state index contributed by atoms with van der Waals surface area (Å²) in [6.45, 7) is 7.37. The Morgan fingerprint density at radius 1 is 1.15 bits per heavy atom. The van der Waals surface area contributed by atoms with Gasteiger partial charge in [-0.05, 0) is 56.8 Å². The van der Waals surface area contributed by atoms with Crippen molar-refractivity contribution in [1.82, 2.24) is 4.90 Å². The van der Waals surface area contributed by atoms with E-state index < -0.39 is 0 Å². The zero-order valence-corrected chi connectivity index (χ0v) is 12.7. The number of fused-ring (bicyclic) bond motifs is 3. The van der Waals surface area contributed by atoms with Crippen LogP contribution in [0.3, 0.4) is 0 Å². The third kappa shape index (κ3) is 2.51. The minimum absolute atomic E-state index is 0.382. The van der Waals surface area contributed by atoms with E-state index in [9.17, 15) is 0 Å². The molecule has 0 aromatic heterocycles. The van der Waals surface area contributed by atoms with Gasteiger partial charge in [0.1, 0.15) is 0 Å². The lowest BCUT2D eigenvalue weighted by Gasteiger charge is -2.35. The van der Waals surface area contributed by atoms with Crippen molar-refractivity contribution in [2.45, 2.75) is 52.0 Å². The first-order valence-corrected chi connectivity index (χ1v) is 7.97. The van der Waals surface area contributed by atoms with Crippen molar-refractivity contribution >= 4 is 0 Å². The van der Waals surface area contributed by atoms with E-state index in [0.717, 1.165) is 24.3 Å². The minimum atomic E-state index is 0.382. The van der Waals surface area contributed by atoms with E-state index in [2.05, 4.69) is 30.9 Å². The number of nitrogens with zero attached hydrogens (tertiary/aromatic N) is 1. The van der Waals surface area contributed by atoms with E-state index in [1.54, 1.807) is 0 Å². The summed E-state index contributed by atoms with van der Waals surface area (Å²) in [4.78, 5) is 2.67. The summed E-state index contributed by atoms with van der Waals surface area (Å²) < 4.78 is 11.1. The number of hydrogen-bond donors (Lipinski definition) is 0. The fraction of sp³-hybridized carbons (Fsp3) is 0.647. The summed E-state index contributed by atoms with van der Waals surface area (Å²) in [7, 11) is 0. The van der Waals surface area contributed by atoms with Crippen LogP contribution < -0.4 is 9.47 Å². The van der Waals surface area contributed by atoms with Crippen molar-refractivity contribution in [1.29, 1.82) is 0 Å². The van der Waals surface area contributed by atoms with E-state index in [1.807, 2.05) is 0 Å². The lowest BCUT2D eigenvalue weighted by atomic mass is 9.86. The maximum Gasteiger partial charge on any atom is 0.231 e. The number of rotatable bonds is 5. The van der Waals surface area contributed by atoms with Gasteiger partial charge in [-0.1, -0.05) is 19.9 Å². The van der Waals surface area contributed by atoms with Crippen LogP contribution in [0.25, 0.3) is 0 Å². The van der Waals surface area contributed by atoms with Gasteiger partial charge in [0.25, 0.3) is 0 Å². The average molecular weight is 275 g/mol. The smallest absolute Gasteiger partial charge is 0.231 e. The van der Waals surface area contributed by atoms with Gasteiger partial charge in [0, 0.05) is 11.6 Å². The highest BCUT2D eigenvalue weighted by atomic mass is 16.7. The highest BCUT2D eigenvalue weighted by Gasteiger charge is 2.28. The van der Waals surface area contributed by atoms with E-state index in [0.29, 0.717) is 12.8 Å². The second-order valence-corrected chi connectivity index (χ2v) is 5.87. The van der Waals surface area contributed by atoms with Gasteiger partial charge in [0.05, 0.1) is 0 Å². The lowest BCUT2D eigenvalue weighted by Crippen LogP contribution is -2.40. The van der Waals surface area contributed by atoms with Crippen molar-refractivity contribution < 1.29 is 9.47 Å². The molecule has 110 valence electrons. The summed E-state index contributed by atoms with van der Waals surface area (Å²) in [5, 5.41) is 0. The average Bonchev–Trinajstić information content (AvgIpc) is 2.95. The molecule has 0 unspecified atom stereocenters. The van der Waals surface area contributed by atoms with E-state index in [1.165, 1.54) is 43.5 Å². The van der Waals surface area contributed by atoms with Crippen molar-refractivity contribution in [3.8, 4) is 11.5 Å². The number of hydrogen-bond acceptors (Lipinski definition) is 3. The molecule has 0 amide bonds. The van der Waals surface area contributed by atoms with E-state index in [-0.39, 0.29) is 0 Å². The lowest BCUT2D eigenvalue weighted by molar-refractivity contribution is 0.169. The van der Waals surface area contributed by atoms with Crippen LogP contribution in [-0.4, -0.2) is 30.8 Å². The molecular weight excluding hydrogens is 250 g/mol. The molecule has 0 fully saturated rings. The van der Waals surface area contributed by atoms with Crippen LogP contribution in [0.5, 0.6) is 11.5 Å². The molecule has 1 aliphatic carbocycles. The fourth-order valence-electron chi connectivity index (χ4n) is 3.57. The molecule has 1 atom stereocenters. The van der Waals surface area contributed by atoms with Gasteiger partial charge >= 0.3 is 0 Å². The monoisotopic (exact) mass is 275 g/mol. The Morgan fingerprint density at radius 2 is 1.95 bits per heavy atom. The Kier molecular flexibility index (Phi) is 4.16. The summed E-state index contributed by atoms with van der Waals surface area (Å²) >= 11 is 0. The Morgan fingerprint density at radius 3 is 2.70 bits per heavy atom. The van der Waals surface area contributed by atoms with Gasteiger partial charge in [0.15, 0.2) is 11.5 Å². The summed E-state index contributed by atoms with van der Waals surface area (Å²) in [5.41, 5.74) is 2.85. The Balaban J connectivity index is 1.78. The Hall–Kier alpha value is -1.22. The fourth-order valence-corrected chi connectivity index (χ4v) is 3.57. The maximum absolute atomic E-state index is 5.65. The van der Waals surface area contributed by atoms with Crippen LogP contribution in [0.4, 0.5) is 0 Å². The van der Waals surface area contributed by atoms with Crippen molar-refractivity contribution in [3.63, 3.8) is 0 Å². The van der Waals surface area contributed by atoms with Crippen LogP contribution in [0.15, 0.2) is 12.1 Å². The summed E-state index contributed by atoms with van der Waals surface area (Å²) in [6.07, 6.45) is 6.00. The standard InChI is InChI=1S/C17H25NO2/c1-3-9-18(10-4-2)14-6-7-15-13(11-14)5-8-16-17(15)20-12-19-16/h5,8,14H,3-4,6-7,9-12H2,1-2H3/t14-/m0/s1. The van der Waals surface area contributed by atoms with Crippen LogP contribution in [-0.2, 0) is 12.8 Å². The van der Waals surface area contributed by atoms with Gasteiger partial charge < -0.3 is 14.4 Å². The van der Waals surface area contributed by atoms with Crippen molar-refractivity contribution in [2.24, 2.45) is 0 Å². The second-order valence-electron chi connectivity index (χ2n) is 5.87. The quantitative estimate of drug-likeness (QED) is 0.822. The predicted molar refractivity (Wildman–Crippen MR) is 80.5 cm³/mol. The van der Waals surface area contributed by atoms with Crippen LogP contribution in [0.2, 0.25) is 0 Å². The van der Waals surface area contributed by atoms with Crippen molar-refractivity contribution in [2.75, 3.05) is 19.9 Å². The summed E-state index contributed by atoms with van der Waals surface area (Å²) in [5.74, 6) is 1.94. The summed E-state index contributed by atoms with van der Waals surface area (Å²) in [6, 6.07) is 5.02. The highest BCUT2D eigenvalue weighted by molar-refractivity contribution is 5.53. The molecule has 3 heteroatoms. The SMILES string of the molecule is CCCN(CCC)[C@H]1CCc2c(ccc3c2OCO3)C1. The topological polar surface area (TPSA) is 21.7 Å². The molecule has 0 bridgehead atoms. The van der Waals surface area contributed by atoms with E-state index in [4.69, 9.17) is 9.47 Å². The first-order chi connectivity index (χ1) is 9.83. The number of ether oxygens (including phenoxy) is 2. The van der Waals surface area contributed by atoms with Gasteiger partial charge in [-0.15, -0.1) is 0 Å². The molecule has 1 aliphatic heterocycles. The molecule has 2 aliphatic rings. The zero-order chi connectivity index (χ0) is 13.9. The molecule has 0 N–H and O–H groups in total. The first-order valence-electron chi connectivity index (χ1n) is 7.97. The molecule has 0 saturated heterocycles. The van der Waals surface area contributed by atoms with Gasteiger partial charge in [-0.2, -0.15) is 0 Å². The van der Waals surface area contributed by atoms with Gasteiger partial charge in [-0.25, -0.2) is 0 Å². The predicted octanol–water partition coefficient (Wildman–Crippen LogP) is 3.39. The molecule has 3 nitrogen and oxygen atoms in total. The highest BCUT2D eigenvalue weighted by Crippen LogP contribution is 2.41. The Bertz CT molecular complexity index is 466. The van der Waals surface area contributed by atoms with Gasteiger partial charge in [0.2, 0.25) is 6.79 Å². The third-order valence-corrected chi connectivity index (χ3v) is 4.46. The normalized spacial score (nSPS) is 20.2. The molecule has 0 radical (unpaired) electrons. The molecule has 0 spiro atoms. The molecular formula is C17H25NO2. The van der Waals surface area contributed by atoms with Crippen LogP contribution >= 0.6 is 0 Å². The van der Waals surface area contributed by atoms with Crippen molar-refractivity contribution in [3.05, 3.63) is 23.3 Å². The maximum atomic E-state index is 5.65. The minimum Gasteiger partial charge on any atom is -0.454 e. The Labute approximate surface area is 121 Å². The molecule has 0 saturated carbocycles. The second kappa shape index (κ2) is 6.04. The number of benzene rings is 1. The van der Waals surface area contributed by atoms with Crippen LogP contribution in [0.1, 0.15) is 44.2 Å². The van der Waals surface area contributed by atoms with E-state index >= 15 is 0 Å². The molecule has 1 heterocycles.